The van der Waals surface area contributed by atoms with E-state index in [2.05, 4.69) is 236 Å². The highest BCUT2D eigenvalue weighted by molar-refractivity contribution is 9.10. The fourth-order valence-electron chi connectivity index (χ4n) is 12.6. The molecule has 344 valence electrons. The van der Waals surface area contributed by atoms with E-state index < -0.39 is 0 Å². The van der Waals surface area contributed by atoms with Gasteiger partial charge in [0.25, 0.3) is 0 Å². The van der Waals surface area contributed by atoms with Gasteiger partial charge >= 0.3 is 0 Å². The summed E-state index contributed by atoms with van der Waals surface area (Å²) < 4.78 is 1.14. The van der Waals surface area contributed by atoms with Gasteiger partial charge in [-0.05, 0) is 161 Å². The van der Waals surface area contributed by atoms with E-state index in [1.165, 1.54) is 88.3 Å². The van der Waals surface area contributed by atoms with Crippen LogP contribution >= 0.6 is 15.9 Å². The van der Waals surface area contributed by atoms with E-state index in [0.29, 0.717) is 0 Å². The topological polar surface area (TPSA) is 41.1 Å². The van der Waals surface area contributed by atoms with E-state index in [1.807, 2.05) is 54.9 Å². The lowest BCUT2D eigenvalue weighted by Gasteiger charge is -2.43. The Morgan fingerprint density at radius 1 is 0.315 bits per heavy atom. The molecule has 0 saturated carbocycles. The summed E-state index contributed by atoms with van der Waals surface area (Å²) in [5, 5.41) is 8.77. The summed E-state index contributed by atoms with van der Waals surface area (Å²) in [6.07, 6.45) is 7.26. The van der Waals surface area contributed by atoms with Crippen molar-refractivity contribution in [1.82, 2.24) is 9.97 Å². The third-order valence-corrected chi connectivity index (χ3v) is 15.9. The summed E-state index contributed by atoms with van der Waals surface area (Å²) in [5.74, 6) is 0. The lowest BCUT2D eigenvalue weighted by molar-refractivity contribution is 0.744. The minimum Gasteiger partial charge on any atom is -0.355 e. The van der Waals surface area contributed by atoms with Crippen molar-refractivity contribution < 1.29 is 0 Å². The van der Waals surface area contributed by atoms with Crippen molar-refractivity contribution in [2.45, 2.75) is 10.8 Å². The van der Waals surface area contributed by atoms with Crippen LogP contribution in [0.4, 0.5) is 28.4 Å². The zero-order valence-electron chi connectivity index (χ0n) is 39.6. The third-order valence-electron chi connectivity index (χ3n) is 15.4. The van der Waals surface area contributed by atoms with Crippen LogP contribution in [0.5, 0.6) is 0 Å². The summed E-state index contributed by atoms with van der Waals surface area (Å²) in [6.45, 7) is 0. The van der Waals surface area contributed by atoms with Crippen LogP contribution in [0.3, 0.4) is 0 Å². The molecule has 0 saturated heterocycles. The molecule has 4 nitrogen and oxygen atoms in total. The van der Waals surface area contributed by atoms with Crippen molar-refractivity contribution in [3.05, 3.63) is 316 Å². The molecule has 0 bridgehead atoms. The lowest BCUT2D eigenvalue weighted by Crippen LogP contribution is -2.36. The molecule has 0 atom stereocenters. The average Bonchev–Trinajstić information content (AvgIpc) is 3.94. The molecule has 2 aromatic heterocycles. The van der Waals surface area contributed by atoms with E-state index in [9.17, 15) is 0 Å². The molecule has 0 unspecified atom stereocenters. The summed E-state index contributed by atoms with van der Waals surface area (Å²) in [5.41, 5.74) is 21.9. The van der Waals surface area contributed by atoms with Crippen LogP contribution in [0, 0.1) is 0 Å². The van der Waals surface area contributed by atoms with Gasteiger partial charge in [-0.1, -0.05) is 186 Å². The zero-order chi connectivity index (χ0) is 48.5. The number of rotatable bonds is 5. The number of halogens is 1. The largest absolute Gasteiger partial charge is 0.355 e. The highest BCUT2D eigenvalue weighted by Gasteiger charge is 2.54. The van der Waals surface area contributed by atoms with Crippen molar-refractivity contribution in [3.8, 4) is 22.3 Å². The third kappa shape index (κ3) is 6.45. The molecule has 10 aromatic carbocycles. The second-order valence-corrected chi connectivity index (χ2v) is 19.9. The number of nitrogens with zero attached hydrogens (tertiary/aromatic N) is 3. The van der Waals surface area contributed by atoms with Gasteiger partial charge in [-0.15, -0.1) is 0 Å². The van der Waals surface area contributed by atoms with Crippen LogP contribution < -0.4 is 10.2 Å². The smallest absolute Gasteiger partial charge is 0.0726 e. The standard InChI is InChI=1S/C34H22N2.C23H13Br.C11H10N2/c1-2-10-24(11-3-1)36(25-18-20-35-21-19-25)26-16-17-28-27-12-4-5-13-29(27)34(32(28)22-26)30-14-6-8-23-9-7-15-31(34)33(23)30;24-15-11-12-17-16-7-1-2-8-18(16)23(21(17)13-15)19-9-3-5-14-6-4-10-20(23)22(14)19;1-2-4-10(5-3-1)13-11-6-8-12-9-7-11/h1-22H;1-13H;1-9H,(H,12,13). The molecule has 2 spiro atoms. The van der Waals surface area contributed by atoms with Crippen molar-refractivity contribution in [2.24, 2.45) is 0 Å². The predicted molar refractivity (Wildman–Crippen MR) is 304 cm³/mol. The van der Waals surface area contributed by atoms with Crippen LogP contribution in [0.15, 0.2) is 272 Å². The molecule has 2 heterocycles. The van der Waals surface area contributed by atoms with Crippen molar-refractivity contribution >= 4 is 65.9 Å². The van der Waals surface area contributed by atoms with Gasteiger partial charge in [0.15, 0.2) is 0 Å². The van der Waals surface area contributed by atoms with Crippen molar-refractivity contribution in [1.29, 1.82) is 0 Å². The number of hydrogen-bond acceptors (Lipinski definition) is 4. The normalized spacial score (nSPS) is 13.5. The second kappa shape index (κ2) is 17.2. The Labute approximate surface area is 433 Å². The molecule has 0 fully saturated rings. The molecule has 16 rings (SSSR count). The SMILES string of the molecule is Brc1ccc2c(c1)C1(c3ccccc3-2)c2cccc3cccc1c23.c1ccc(N(c2ccncc2)c2ccc3c(c2)C2(c4ccccc4-3)c3cccc4cccc2c34)cc1.c1ccc(Nc2ccncc2)cc1. The Kier molecular flexibility index (Phi) is 10.1. The first-order chi connectivity index (χ1) is 36.1. The number of para-hydroxylation sites is 2. The Balaban J connectivity index is 0.000000114. The predicted octanol–water partition coefficient (Wildman–Crippen LogP) is 17.5. The van der Waals surface area contributed by atoms with Crippen LogP contribution in [0.1, 0.15) is 44.5 Å². The summed E-state index contributed by atoms with van der Waals surface area (Å²) in [6, 6.07) is 87.2. The minimum absolute atomic E-state index is 0.105. The fourth-order valence-corrected chi connectivity index (χ4v) is 12.9. The van der Waals surface area contributed by atoms with E-state index in [4.69, 9.17) is 0 Å². The Bertz CT molecular complexity index is 3930. The van der Waals surface area contributed by atoms with Gasteiger partial charge in [0, 0.05) is 57.7 Å². The Morgan fingerprint density at radius 3 is 1.27 bits per heavy atom. The number of fused-ring (bicyclic) bond motifs is 14. The van der Waals surface area contributed by atoms with Gasteiger partial charge in [-0.2, -0.15) is 0 Å². The molecule has 1 N–H and O–H groups in total. The maximum absolute atomic E-state index is 4.27. The number of nitrogens with one attached hydrogen (secondary N) is 1. The van der Waals surface area contributed by atoms with E-state index in [-0.39, 0.29) is 10.8 Å². The monoisotopic (exact) mass is 996 g/mol. The van der Waals surface area contributed by atoms with E-state index >= 15 is 0 Å². The number of benzene rings is 10. The average molecular weight is 998 g/mol. The Morgan fingerprint density at radius 2 is 0.726 bits per heavy atom. The lowest BCUT2D eigenvalue weighted by atomic mass is 9.58. The van der Waals surface area contributed by atoms with Gasteiger partial charge in [-0.25, -0.2) is 0 Å². The highest BCUT2D eigenvalue weighted by Crippen LogP contribution is 2.65. The minimum atomic E-state index is -0.237. The van der Waals surface area contributed by atoms with Crippen LogP contribution in [-0.4, -0.2) is 9.97 Å². The summed E-state index contributed by atoms with van der Waals surface area (Å²) >= 11 is 3.69. The number of aromatic nitrogens is 2. The fraction of sp³-hybridized carbons (Fsp3) is 0.0294. The highest BCUT2D eigenvalue weighted by atomic mass is 79.9. The van der Waals surface area contributed by atoms with Gasteiger partial charge in [0.1, 0.15) is 0 Å². The first kappa shape index (κ1) is 42.9. The van der Waals surface area contributed by atoms with Crippen molar-refractivity contribution in [2.75, 3.05) is 10.2 Å². The van der Waals surface area contributed by atoms with Crippen LogP contribution in [0.2, 0.25) is 0 Å². The second-order valence-electron chi connectivity index (χ2n) is 19.0. The molecule has 12 aromatic rings. The molecule has 4 aliphatic carbocycles. The van der Waals surface area contributed by atoms with Gasteiger partial charge in [0.2, 0.25) is 0 Å². The molecular formula is C68H45BrN4. The Hall–Kier alpha value is -8.90. The molecular weight excluding hydrogens is 953 g/mol. The first-order valence-corrected chi connectivity index (χ1v) is 25.6. The van der Waals surface area contributed by atoms with E-state index in [0.717, 1.165) is 32.9 Å². The number of anilines is 5. The zero-order valence-corrected chi connectivity index (χ0v) is 41.2. The van der Waals surface area contributed by atoms with Crippen LogP contribution in [0.25, 0.3) is 43.8 Å². The maximum atomic E-state index is 4.27. The van der Waals surface area contributed by atoms with Gasteiger partial charge < -0.3 is 10.2 Å². The van der Waals surface area contributed by atoms with Gasteiger partial charge in [-0.3, -0.25) is 9.97 Å². The van der Waals surface area contributed by atoms with Crippen LogP contribution in [-0.2, 0) is 10.8 Å². The van der Waals surface area contributed by atoms with Crippen molar-refractivity contribution in [3.63, 3.8) is 0 Å². The molecule has 0 radical (unpaired) electrons. The molecule has 73 heavy (non-hydrogen) atoms. The summed E-state index contributed by atoms with van der Waals surface area (Å²) in [7, 11) is 0. The van der Waals surface area contributed by atoms with E-state index in [1.54, 1.807) is 12.4 Å². The molecule has 0 aliphatic heterocycles. The van der Waals surface area contributed by atoms with Gasteiger partial charge in [0.05, 0.1) is 10.8 Å². The quantitative estimate of drug-likeness (QED) is 0.187. The number of hydrogen-bond donors (Lipinski definition) is 1. The molecule has 5 heteroatoms. The number of pyridine rings is 2. The molecule has 4 aliphatic rings. The maximum Gasteiger partial charge on any atom is 0.0726 e. The summed E-state index contributed by atoms with van der Waals surface area (Å²) in [4.78, 5) is 10.5. The molecule has 0 amide bonds. The first-order valence-electron chi connectivity index (χ1n) is 24.8.